The van der Waals surface area contributed by atoms with Crippen molar-refractivity contribution in [1.29, 1.82) is 0 Å². The van der Waals surface area contributed by atoms with E-state index in [4.69, 9.17) is 12.2 Å². The average molecular weight is 368 g/mol. The number of aryl methyl sites for hydroxylation is 1. The quantitative estimate of drug-likeness (QED) is 0.614. The molecule has 1 aliphatic rings. The van der Waals surface area contributed by atoms with Crippen LogP contribution in [0.1, 0.15) is 17.5 Å². The van der Waals surface area contributed by atoms with Crippen LogP contribution in [-0.2, 0) is 9.59 Å². The number of thioether (sulfide) groups is 2. The zero-order valence-electron chi connectivity index (χ0n) is 12.8. The van der Waals surface area contributed by atoms with Crippen LogP contribution in [0.4, 0.5) is 0 Å². The molecule has 1 fully saturated rings. The Kier molecular flexibility index (Phi) is 6.26. The number of carbonyl (C=O) groups excluding carboxylic acids is 1. The lowest BCUT2D eigenvalue weighted by atomic mass is 10.1. The first kappa shape index (κ1) is 18.0. The van der Waals surface area contributed by atoms with Crippen molar-refractivity contribution >= 4 is 58.0 Å². The number of carboxylic acids is 1. The lowest BCUT2D eigenvalue weighted by molar-refractivity contribution is -0.145. The minimum absolute atomic E-state index is 0.307. The molecule has 1 atom stereocenters. The fourth-order valence-corrected chi connectivity index (χ4v) is 3.97. The van der Waals surface area contributed by atoms with E-state index in [9.17, 15) is 14.7 Å². The molecule has 1 unspecified atom stereocenters. The summed E-state index contributed by atoms with van der Waals surface area (Å²) >= 11 is 7.94. The summed E-state index contributed by atoms with van der Waals surface area (Å²) in [5, 5.41) is 9.41. The third-order valence-corrected chi connectivity index (χ3v) is 5.37. The Morgan fingerprint density at radius 3 is 2.65 bits per heavy atom. The van der Waals surface area contributed by atoms with Gasteiger partial charge < -0.3 is 5.11 Å². The van der Waals surface area contributed by atoms with E-state index in [-0.39, 0.29) is 5.91 Å². The van der Waals surface area contributed by atoms with E-state index in [1.807, 2.05) is 37.4 Å². The highest BCUT2D eigenvalue weighted by Crippen LogP contribution is 2.34. The molecular formula is C16H17NO3S3. The summed E-state index contributed by atoms with van der Waals surface area (Å²) < 4.78 is 0.307. The van der Waals surface area contributed by atoms with Crippen LogP contribution in [0.5, 0.6) is 0 Å². The molecule has 0 bridgehead atoms. The second kappa shape index (κ2) is 7.99. The maximum atomic E-state index is 12.6. The van der Waals surface area contributed by atoms with Crippen LogP contribution in [0.15, 0.2) is 29.2 Å². The van der Waals surface area contributed by atoms with Gasteiger partial charge in [-0.1, -0.05) is 53.8 Å². The van der Waals surface area contributed by atoms with Gasteiger partial charge >= 0.3 is 5.97 Å². The Labute approximate surface area is 149 Å². The van der Waals surface area contributed by atoms with E-state index in [1.54, 1.807) is 17.8 Å². The smallest absolute Gasteiger partial charge is 0.326 e. The predicted molar refractivity (Wildman–Crippen MR) is 101 cm³/mol. The van der Waals surface area contributed by atoms with E-state index in [1.165, 1.54) is 4.90 Å². The van der Waals surface area contributed by atoms with Crippen LogP contribution in [0.25, 0.3) is 6.08 Å². The molecule has 1 saturated heterocycles. The monoisotopic (exact) mass is 367 g/mol. The lowest BCUT2D eigenvalue weighted by Gasteiger charge is -2.22. The van der Waals surface area contributed by atoms with Crippen molar-refractivity contribution in [3.63, 3.8) is 0 Å². The second-order valence-electron chi connectivity index (χ2n) is 5.10. The molecule has 0 radical (unpaired) electrons. The van der Waals surface area contributed by atoms with Crippen molar-refractivity contribution in [1.82, 2.24) is 4.90 Å². The number of thiocarbonyl (C=S) groups is 1. The van der Waals surface area contributed by atoms with Crippen LogP contribution in [0.2, 0.25) is 0 Å². The molecular weight excluding hydrogens is 350 g/mol. The molecule has 7 heteroatoms. The minimum Gasteiger partial charge on any atom is -0.480 e. The Hall–Kier alpha value is -1.31. The third-order valence-electron chi connectivity index (χ3n) is 3.39. The van der Waals surface area contributed by atoms with Gasteiger partial charge in [0.05, 0.1) is 4.91 Å². The van der Waals surface area contributed by atoms with Crippen LogP contribution < -0.4 is 0 Å². The molecule has 0 spiro atoms. The van der Waals surface area contributed by atoms with E-state index in [0.29, 0.717) is 21.4 Å². The molecule has 1 amide bonds. The van der Waals surface area contributed by atoms with Gasteiger partial charge in [-0.2, -0.15) is 11.8 Å². The van der Waals surface area contributed by atoms with Gasteiger partial charge in [0.1, 0.15) is 10.4 Å². The third kappa shape index (κ3) is 4.37. The van der Waals surface area contributed by atoms with Crippen LogP contribution in [-0.4, -0.2) is 44.3 Å². The molecule has 1 N–H and O–H groups in total. The van der Waals surface area contributed by atoms with E-state index in [0.717, 1.165) is 22.9 Å². The van der Waals surface area contributed by atoms with Gasteiger partial charge in [-0.3, -0.25) is 9.69 Å². The van der Waals surface area contributed by atoms with Gasteiger partial charge in [0.25, 0.3) is 5.91 Å². The standard InChI is InChI=1S/C16H17NO3S3/c1-10-3-5-11(6-4-10)9-13-14(18)17(16(21)23-13)12(15(19)20)7-8-22-2/h3-6,9,12H,7-8H2,1-2H3,(H,19,20). The normalized spacial score (nSPS) is 17.8. The fraction of sp³-hybridized carbons (Fsp3) is 0.312. The Balaban J connectivity index is 2.24. The number of hydrogen-bond donors (Lipinski definition) is 1. The second-order valence-corrected chi connectivity index (χ2v) is 7.76. The van der Waals surface area contributed by atoms with E-state index in [2.05, 4.69) is 0 Å². The van der Waals surface area contributed by atoms with E-state index >= 15 is 0 Å². The number of rotatable bonds is 6. The Morgan fingerprint density at radius 1 is 1.43 bits per heavy atom. The number of hydrogen-bond acceptors (Lipinski definition) is 5. The Morgan fingerprint density at radius 2 is 2.09 bits per heavy atom. The number of carbonyl (C=O) groups is 2. The molecule has 23 heavy (non-hydrogen) atoms. The average Bonchev–Trinajstić information content (AvgIpc) is 2.77. The first-order valence-electron chi connectivity index (χ1n) is 6.99. The molecule has 1 aliphatic heterocycles. The van der Waals surface area contributed by atoms with Gasteiger partial charge in [-0.05, 0) is 37.0 Å². The van der Waals surface area contributed by atoms with Crippen molar-refractivity contribution < 1.29 is 14.7 Å². The number of aliphatic carboxylic acids is 1. The molecule has 1 heterocycles. The molecule has 0 saturated carbocycles. The first-order valence-corrected chi connectivity index (χ1v) is 9.61. The molecule has 0 aromatic heterocycles. The maximum Gasteiger partial charge on any atom is 0.326 e. The topological polar surface area (TPSA) is 57.6 Å². The summed E-state index contributed by atoms with van der Waals surface area (Å²) in [5.74, 6) is -0.689. The molecule has 0 aliphatic carbocycles. The molecule has 1 aromatic rings. The first-order chi connectivity index (χ1) is 10.9. The van der Waals surface area contributed by atoms with Gasteiger partial charge in [0.15, 0.2) is 0 Å². The van der Waals surface area contributed by atoms with Crippen molar-refractivity contribution in [2.75, 3.05) is 12.0 Å². The Bertz CT molecular complexity index is 655. The maximum absolute atomic E-state index is 12.6. The summed E-state index contributed by atoms with van der Waals surface area (Å²) in [7, 11) is 0. The summed E-state index contributed by atoms with van der Waals surface area (Å²) in [4.78, 5) is 25.8. The van der Waals surface area contributed by atoms with Crippen molar-refractivity contribution in [2.24, 2.45) is 0 Å². The minimum atomic E-state index is -1.02. The summed E-state index contributed by atoms with van der Waals surface area (Å²) in [5.41, 5.74) is 2.03. The van der Waals surface area contributed by atoms with Gasteiger partial charge in [0.2, 0.25) is 0 Å². The predicted octanol–water partition coefficient (Wildman–Crippen LogP) is 3.40. The number of carboxylic acid groups (broad SMARTS) is 1. The lowest BCUT2D eigenvalue weighted by Crippen LogP contribution is -2.44. The number of nitrogens with zero attached hydrogens (tertiary/aromatic N) is 1. The highest BCUT2D eigenvalue weighted by molar-refractivity contribution is 8.26. The molecule has 2 rings (SSSR count). The van der Waals surface area contributed by atoms with Gasteiger partial charge in [0, 0.05) is 0 Å². The van der Waals surface area contributed by atoms with Crippen LogP contribution in [0.3, 0.4) is 0 Å². The van der Waals surface area contributed by atoms with E-state index < -0.39 is 12.0 Å². The van der Waals surface area contributed by atoms with Crippen molar-refractivity contribution in [2.45, 2.75) is 19.4 Å². The molecule has 122 valence electrons. The fourth-order valence-electron chi connectivity index (χ4n) is 2.16. The zero-order chi connectivity index (χ0) is 17.0. The zero-order valence-corrected chi connectivity index (χ0v) is 15.3. The van der Waals surface area contributed by atoms with Crippen LogP contribution in [0, 0.1) is 6.92 Å². The largest absolute Gasteiger partial charge is 0.480 e. The van der Waals surface area contributed by atoms with Crippen molar-refractivity contribution in [3.05, 3.63) is 40.3 Å². The van der Waals surface area contributed by atoms with Crippen LogP contribution >= 0.6 is 35.7 Å². The summed E-state index contributed by atoms with van der Waals surface area (Å²) in [6, 6.07) is 6.86. The van der Waals surface area contributed by atoms with Gasteiger partial charge in [-0.25, -0.2) is 4.79 Å². The molecule has 4 nitrogen and oxygen atoms in total. The highest BCUT2D eigenvalue weighted by atomic mass is 32.2. The summed E-state index contributed by atoms with van der Waals surface area (Å²) in [6.45, 7) is 1.99. The number of benzene rings is 1. The van der Waals surface area contributed by atoms with Crippen molar-refractivity contribution in [3.8, 4) is 0 Å². The summed E-state index contributed by atoms with van der Waals surface area (Å²) in [6.07, 6.45) is 4.04. The number of amides is 1. The SMILES string of the molecule is CSCCC(C(=O)O)N1C(=O)C(=Cc2ccc(C)cc2)SC1=S. The highest BCUT2D eigenvalue weighted by Gasteiger charge is 2.40. The molecule has 1 aromatic carbocycles. The van der Waals surface area contributed by atoms with Gasteiger partial charge in [-0.15, -0.1) is 0 Å².